The Morgan fingerprint density at radius 3 is 2.40 bits per heavy atom. The van der Waals surface area contributed by atoms with Crippen molar-refractivity contribution in [1.29, 1.82) is 0 Å². The van der Waals surface area contributed by atoms with Crippen LogP contribution in [-0.4, -0.2) is 35.6 Å². The second kappa shape index (κ2) is 7.42. The third-order valence-electron chi connectivity index (χ3n) is 2.68. The number of nitrogens with one attached hydrogen (secondary N) is 1. The molecule has 1 aromatic rings. The molecule has 0 fully saturated rings. The molecule has 0 aliphatic rings. The predicted molar refractivity (Wildman–Crippen MR) is 68.5 cm³/mol. The number of carboxylic acid groups (broad SMARTS) is 1. The Hall–Kier alpha value is -2.18. The molecule has 1 aromatic carbocycles. The molecule has 7 heteroatoms. The molecule has 5 nitrogen and oxygen atoms in total. The summed E-state index contributed by atoms with van der Waals surface area (Å²) in [4.78, 5) is 23.2. The summed E-state index contributed by atoms with van der Waals surface area (Å²) in [7, 11) is 1.48. The Kier molecular flexibility index (Phi) is 5.89. The summed E-state index contributed by atoms with van der Waals surface area (Å²) in [6.07, 6.45) is -2.65. The first-order valence-electron chi connectivity index (χ1n) is 5.98. The Bertz CT molecular complexity index is 463. The van der Waals surface area contributed by atoms with Gasteiger partial charge in [0.1, 0.15) is 0 Å². The molecule has 0 spiro atoms. The van der Waals surface area contributed by atoms with Crippen molar-refractivity contribution < 1.29 is 23.5 Å². The quantitative estimate of drug-likeness (QED) is 0.842. The van der Waals surface area contributed by atoms with Gasteiger partial charge in [0.25, 0.3) is 6.43 Å². The highest BCUT2D eigenvalue weighted by Crippen LogP contribution is 2.18. The van der Waals surface area contributed by atoms with E-state index in [0.29, 0.717) is 5.56 Å². The van der Waals surface area contributed by atoms with Crippen molar-refractivity contribution in [2.24, 2.45) is 0 Å². The van der Waals surface area contributed by atoms with Gasteiger partial charge in [0, 0.05) is 25.7 Å². The Labute approximate surface area is 115 Å². The number of urea groups is 1. The smallest absolute Gasteiger partial charge is 0.317 e. The van der Waals surface area contributed by atoms with E-state index >= 15 is 0 Å². The fourth-order valence-corrected chi connectivity index (χ4v) is 1.46. The average Bonchev–Trinajstić information content (AvgIpc) is 2.42. The molecule has 0 bridgehead atoms. The lowest BCUT2D eigenvalue weighted by atomic mass is 10.1. The molecule has 0 heterocycles. The molecular formula is C13H16F2N2O3. The van der Waals surface area contributed by atoms with Crippen LogP contribution in [0, 0.1) is 0 Å². The van der Waals surface area contributed by atoms with Crippen LogP contribution < -0.4 is 5.32 Å². The van der Waals surface area contributed by atoms with Crippen LogP contribution >= 0.6 is 0 Å². The first-order chi connectivity index (χ1) is 9.40. The monoisotopic (exact) mass is 286 g/mol. The third-order valence-corrected chi connectivity index (χ3v) is 2.68. The van der Waals surface area contributed by atoms with Gasteiger partial charge in [-0.1, -0.05) is 24.3 Å². The number of alkyl halides is 2. The van der Waals surface area contributed by atoms with Gasteiger partial charge in [0.15, 0.2) is 0 Å². The van der Waals surface area contributed by atoms with E-state index < -0.39 is 18.4 Å². The first-order valence-corrected chi connectivity index (χ1v) is 5.98. The number of hydrogen-bond acceptors (Lipinski definition) is 2. The van der Waals surface area contributed by atoms with Gasteiger partial charge in [-0.05, 0) is 5.56 Å². The van der Waals surface area contributed by atoms with Crippen molar-refractivity contribution in [3.8, 4) is 0 Å². The molecule has 2 amide bonds. The molecule has 0 aromatic heterocycles. The van der Waals surface area contributed by atoms with Gasteiger partial charge in [-0.15, -0.1) is 0 Å². The zero-order valence-electron chi connectivity index (χ0n) is 11.0. The molecule has 0 saturated carbocycles. The Morgan fingerprint density at radius 1 is 1.30 bits per heavy atom. The molecule has 0 radical (unpaired) electrons. The maximum atomic E-state index is 12.3. The predicted octanol–water partition coefficient (Wildman–Crippen LogP) is 2.24. The van der Waals surface area contributed by atoms with Gasteiger partial charge in [-0.3, -0.25) is 4.79 Å². The lowest BCUT2D eigenvalue weighted by Gasteiger charge is -2.17. The number of carbonyl (C=O) groups excluding carboxylic acids is 1. The van der Waals surface area contributed by atoms with Crippen molar-refractivity contribution in [2.75, 3.05) is 13.6 Å². The molecule has 0 aliphatic carbocycles. The average molecular weight is 286 g/mol. The van der Waals surface area contributed by atoms with E-state index in [1.807, 2.05) is 0 Å². The molecule has 110 valence electrons. The van der Waals surface area contributed by atoms with E-state index in [1.54, 1.807) is 0 Å². The largest absolute Gasteiger partial charge is 0.481 e. The maximum absolute atomic E-state index is 12.3. The van der Waals surface area contributed by atoms with Crippen molar-refractivity contribution in [3.63, 3.8) is 0 Å². The van der Waals surface area contributed by atoms with E-state index in [2.05, 4.69) is 5.32 Å². The van der Waals surface area contributed by atoms with Crippen molar-refractivity contribution >= 4 is 12.0 Å². The van der Waals surface area contributed by atoms with Crippen LogP contribution in [0.3, 0.4) is 0 Å². The topological polar surface area (TPSA) is 69.6 Å². The fraction of sp³-hybridized carbons (Fsp3) is 0.385. The highest BCUT2D eigenvalue weighted by Gasteiger charge is 2.10. The van der Waals surface area contributed by atoms with E-state index in [0.717, 1.165) is 0 Å². The number of aliphatic carboxylic acids is 1. The molecular weight excluding hydrogens is 270 g/mol. The van der Waals surface area contributed by atoms with Crippen LogP contribution in [0.1, 0.15) is 24.0 Å². The molecule has 1 rings (SSSR count). The van der Waals surface area contributed by atoms with E-state index in [9.17, 15) is 18.4 Å². The molecule has 20 heavy (non-hydrogen) atoms. The lowest BCUT2D eigenvalue weighted by Crippen LogP contribution is -2.37. The minimum absolute atomic E-state index is 0.0707. The number of rotatable bonds is 6. The van der Waals surface area contributed by atoms with Crippen LogP contribution in [0.2, 0.25) is 0 Å². The van der Waals surface area contributed by atoms with Crippen molar-refractivity contribution in [3.05, 3.63) is 35.4 Å². The number of hydrogen-bond donors (Lipinski definition) is 2. The van der Waals surface area contributed by atoms with Gasteiger partial charge >= 0.3 is 12.0 Å². The van der Waals surface area contributed by atoms with E-state index in [1.165, 1.54) is 36.2 Å². The summed E-state index contributed by atoms with van der Waals surface area (Å²) in [5, 5.41) is 11.1. The molecule has 2 N–H and O–H groups in total. The summed E-state index contributed by atoms with van der Waals surface area (Å²) >= 11 is 0. The second-order valence-electron chi connectivity index (χ2n) is 4.27. The Morgan fingerprint density at radius 2 is 1.90 bits per heavy atom. The van der Waals surface area contributed by atoms with Crippen molar-refractivity contribution in [2.45, 2.75) is 19.4 Å². The van der Waals surface area contributed by atoms with Gasteiger partial charge < -0.3 is 15.3 Å². The van der Waals surface area contributed by atoms with Gasteiger partial charge in [0.2, 0.25) is 0 Å². The van der Waals surface area contributed by atoms with Crippen LogP contribution in [0.5, 0.6) is 0 Å². The minimum atomic E-state index is -2.51. The highest BCUT2D eigenvalue weighted by atomic mass is 19.3. The Balaban J connectivity index is 2.42. The molecule has 0 unspecified atom stereocenters. The zero-order chi connectivity index (χ0) is 15.1. The first kappa shape index (κ1) is 15.9. The number of halogens is 2. The van der Waals surface area contributed by atoms with Crippen molar-refractivity contribution in [1.82, 2.24) is 10.2 Å². The number of amides is 2. The molecule has 0 atom stereocenters. The maximum Gasteiger partial charge on any atom is 0.317 e. The number of carboxylic acids is 1. The number of benzene rings is 1. The van der Waals surface area contributed by atoms with E-state index in [4.69, 9.17) is 5.11 Å². The SMILES string of the molecule is CN(CCC(=O)O)C(=O)NCc1ccc(C(F)F)cc1. The van der Waals surface area contributed by atoms with E-state index in [-0.39, 0.29) is 25.1 Å². The van der Waals surface area contributed by atoms with Gasteiger partial charge in [-0.2, -0.15) is 0 Å². The highest BCUT2D eigenvalue weighted by molar-refractivity contribution is 5.75. The van der Waals surface area contributed by atoms with Crippen LogP contribution in [0.25, 0.3) is 0 Å². The zero-order valence-corrected chi connectivity index (χ0v) is 11.0. The van der Waals surface area contributed by atoms with Gasteiger partial charge in [0.05, 0.1) is 6.42 Å². The number of nitrogens with zero attached hydrogens (tertiary/aromatic N) is 1. The summed E-state index contributed by atoms with van der Waals surface area (Å²) in [6.45, 7) is 0.297. The van der Waals surface area contributed by atoms with Crippen LogP contribution in [0.15, 0.2) is 24.3 Å². The summed E-state index contributed by atoms with van der Waals surface area (Å²) in [5.74, 6) is -0.979. The lowest BCUT2D eigenvalue weighted by molar-refractivity contribution is -0.137. The number of carbonyl (C=O) groups is 2. The summed E-state index contributed by atoms with van der Waals surface area (Å²) in [5.41, 5.74) is 0.619. The standard InChI is InChI=1S/C13H16F2N2O3/c1-17(7-6-11(18)19)13(20)16-8-9-2-4-10(5-3-9)12(14)15/h2-5,12H,6-8H2,1H3,(H,16,20)(H,18,19). The van der Waals surface area contributed by atoms with Crippen LogP contribution in [-0.2, 0) is 11.3 Å². The van der Waals surface area contributed by atoms with Gasteiger partial charge in [-0.25, -0.2) is 13.6 Å². The molecule has 0 aliphatic heterocycles. The third kappa shape index (κ3) is 5.21. The molecule has 0 saturated heterocycles. The second-order valence-corrected chi connectivity index (χ2v) is 4.27. The normalized spacial score (nSPS) is 10.4. The minimum Gasteiger partial charge on any atom is -0.481 e. The summed E-state index contributed by atoms with van der Waals surface area (Å²) < 4.78 is 24.7. The summed E-state index contributed by atoms with van der Waals surface area (Å²) in [6, 6.07) is 5.22. The fourth-order valence-electron chi connectivity index (χ4n) is 1.46. The van der Waals surface area contributed by atoms with Crippen LogP contribution in [0.4, 0.5) is 13.6 Å².